The smallest absolute Gasteiger partial charge is 0.335 e. The number of sulfonamides is 1. The van der Waals surface area contributed by atoms with E-state index in [1.54, 1.807) is 30.3 Å². The van der Waals surface area contributed by atoms with E-state index in [9.17, 15) is 23.5 Å². The van der Waals surface area contributed by atoms with Crippen LogP contribution in [-0.2, 0) is 10.0 Å². The molecule has 11 nitrogen and oxygen atoms in total. The normalized spacial score (nSPS) is 11.2. The lowest BCUT2D eigenvalue weighted by molar-refractivity contribution is 0.0697. The Labute approximate surface area is 187 Å². The van der Waals surface area contributed by atoms with Crippen LogP contribution in [0.2, 0.25) is 0 Å². The summed E-state index contributed by atoms with van der Waals surface area (Å²) >= 11 is 0. The summed E-state index contributed by atoms with van der Waals surface area (Å²) in [6.45, 7) is 0. The fourth-order valence-corrected chi connectivity index (χ4v) is 3.97. The molecular weight excluding hydrogens is 450 g/mol. The van der Waals surface area contributed by atoms with E-state index in [1.807, 2.05) is 0 Å². The molecule has 4 rings (SSSR count). The maximum atomic E-state index is 12.9. The molecule has 12 heteroatoms. The van der Waals surface area contributed by atoms with Crippen LogP contribution in [0, 0.1) is 5.21 Å². The van der Waals surface area contributed by atoms with Crippen molar-refractivity contribution in [2.75, 3.05) is 15.3 Å². The molecule has 0 aliphatic rings. The summed E-state index contributed by atoms with van der Waals surface area (Å²) in [6.07, 6.45) is 0. The van der Waals surface area contributed by atoms with Crippen LogP contribution in [-0.4, -0.2) is 34.7 Å². The second-order valence-electron chi connectivity index (χ2n) is 6.79. The van der Waals surface area contributed by atoms with Gasteiger partial charge in [-0.2, -0.15) is 0 Å². The zero-order valence-corrected chi connectivity index (χ0v) is 17.5. The molecule has 0 saturated carbocycles. The minimum atomic E-state index is -4.15. The Hall–Kier alpha value is -4.26. The highest BCUT2D eigenvalue weighted by molar-refractivity contribution is 7.92. The topological polar surface area (TPSA) is 168 Å². The van der Waals surface area contributed by atoms with Gasteiger partial charge in [0, 0.05) is 5.69 Å². The number of carbonyl (C=O) groups is 1. The quantitative estimate of drug-likeness (QED) is 0.295. The van der Waals surface area contributed by atoms with Crippen LogP contribution in [0.3, 0.4) is 0 Å². The minimum absolute atomic E-state index is 0.0345. The van der Waals surface area contributed by atoms with Crippen molar-refractivity contribution in [1.29, 1.82) is 0 Å². The second kappa shape index (κ2) is 8.70. The van der Waals surface area contributed by atoms with Gasteiger partial charge in [-0.1, -0.05) is 18.2 Å². The number of fused-ring (bicyclic) bond motifs is 1. The molecule has 0 aliphatic carbocycles. The van der Waals surface area contributed by atoms with Gasteiger partial charge < -0.3 is 20.9 Å². The Morgan fingerprint density at radius 1 is 0.909 bits per heavy atom. The second-order valence-corrected chi connectivity index (χ2v) is 8.48. The summed E-state index contributed by atoms with van der Waals surface area (Å²) in [7, 11) is -4.15. The van der Waals surface area contributed by atoms with E-state index in [4.69, 9.17) is 5.21 Å². The van der Waals surface area contributed by atoms with Crippen LogP contribution in [0.4, 0.5) is 23.0 Å². The first-order valence-electron chi connectivity index (χ1n) is 9.39. The van der Waals surface area contributed by atoms with Crippen molar-refractivity contribution in [3.8, 4) is 0 Å². The van der Waals surface area contributed by atoms with Gasteiger partial charge in [-0.15, -0.1) is 0 Å². The Kier molecular flexibility index (Phi) is 5.79. The SMILES string of the molecule is O=C(O)c1cccc(Nc2nc3ccccc3nc2NS(=O)(=O)c2ccc(N([O-])O)cc2)c1. The lowest BCUT2D eigenvalue weighted by atomic mass is 10.2. The number of hydrogen-bond acceptors (Lipinski definition) is 9. The van der Waals surface area contributed by atoms with Crippen molar-refractivity contribution in [1.82, 2.24) is 9.97 Å². The first kappa shape index (κ1) is 22.0. The zero-order valence-electron chi connectivity index (χ0n) is 16.7. The van der Waals surface area contributed by atoms with Crippen LogP contribution >= 0.6 is 0 Å². The van der Waals surface area contributed by atoms with Gasteiger partial charge in [0.25, 0.3) is 10.0 Å². The lowest BCUT2D eigenvalue weighted by Crippen LogP contribution is -2.16. The summed E-state index contributed by atoms with van der Waals surface area (Å²) in [5.41, 5.74) is 1.17. The van der Waals surface area contributed by atoms with Crippen molar-refractivity contribution >= 4 is 50.0 Å². The van der Waals surface area contributed by atoms with Crippen LogP contribution in [0.15, 0.2) is 77.7 Å². The first-order chi connectivity index (χ1) is 15.7. The van der Waals surface area contributed by atoms with Crippen molar-refractivity contribution in [3.63, 3.8) is 0 Å². The molecule has 4 aromatic rings. The Bertz CT molecular complexity index is 1440. The number of hydrogen-bond donors (Lipinski definition) is 4. The lowest BCUT2D eigenvalue weighted by Gasteiger charge is -2.21. The van der Waals surface area contributed by atoms with E-state index in [-0.39, 0.29) is 33.0 Å². The van der Waals surface area contributed by atoms with Gasteiger partial charge in [-0.25, -0.2) is 23.2 Å². The molecule has 0 unspecified atom stereocenters. The number of rotatable bonds is 7. The fraction of sp³-hybridized carbons (Fsp3) is 0. The van der Waals surface area contributed by atoms with Crippen LogP contribution in [0.5, 0.6) is 0 Å². The van der Waals surface area contributed by atoms with Gasteiger partial charge in [0.1, 0.15) is 0 Å². The van der Waals surface area contributed by atoms with E-state index in [1.165, 1.54) is 18.2 Å². The Morgan fingerprint density at radius 2 is 1.55 bits per heavy atom. The maximum absolute atomic E-state index is 12.9. The largest absolute Gasteiger partial charge is 0.733 e. The number of aromatic nitrogens is 2. The molecule has 0 bridgehead atoms. The molecule has 1 heterocycles. The molecule has 33 heavy (non-hydrogen) atoms. The third-order valence-corrected chi connectivity index (χ3v) is 5.90. The number of nitrogens with zero attached hydrogens (tertiary/aromatic N) is 3. The average Bonchev–Trinajstić information content (AvgIpc) is 2.79. The van der Waals surface area contributed by atoms with E-state index >= 15 is 0 Å². The summed E-state index contributed by atoms with van der Waals surface area (Å²) in [4.78, 5) is 19.9. The van der Waals surface area contributed by atoms with E-state index in [2.05, 4.69) is 20.0 Å². The number of carboxylic acids is 1. The minimum Gasteiger partial charge on any atom is -0.733 e. The number of aromatic carboxylic acids is 1. The van der Waals surface area contributed by atoms with Crippen LogP contribution < -0.4 is 15.3 Å². The highest BCUT2D eigenvalue weighted by Crippen LogP contribution is 2.28. The summed E-state index contributed by atoms with van der Waals surface area (Å²) < 4.78 is 28.2. The molecule has 1 aromatic heterocycles. The average molecular weight is 466 g/mol. The highest BCUT2D eigenvalue weighted by Gasteiger charge is 2.19. The number of para-hydroxylation sites is 2. The monoisotopic (exact) mass is 466 g/mol. The van der Waals surface area contributed by atoms with E-state index < -0.39 is 16.0 Å². The molecule has 3 aromatic carbocycles. The summed E-state index contributed by atoms with van der Waals surface area (Å²) in [6, 6.07) is 17.3. The third kappa shape index (κ3) is 4.82. The van der Waals surface area contributed by atoms with Gasteiger partial charge in [0.15, 0.2) is 11.6 Å². The molecule has 4 N–H and O–H groups in total. The molecular formula is C21H16N5O6S-. The predicted molar refractivity (Wildman–Crippen MR) is 121 cm³/mol. The maximum Gasteiger partial charge on any atom is 0.335 e. The molecule has 168 valence electrons. The predicted octanol–water partition coefficient (Wildman–Crippen LogP) is 3.57. The van der Waals surface area contributed by atoms with Gasteiger partial charge >= 0.3 is 5.97 Å². The van der Waals surface area contributed by atoms with E-state index in [0.29, 0.717) is 16.7 Å². The molecule has 0 saturated heterocycles. The Morgan fingerprint density at radius 3 is 2.15 bits per heavy atom. The standard InChI is InChI=1S/C21H16N5O6S/c27-21(28)13-4-3-5-14(12-13)22-19-20(24-18-7-2-1-6-17(18)23-19)25-33(31,32)16-10-8-15(9-11-16)26(29)30/h1-12,29H,(H,22,23)(H,24,25)(H,27,28)/q-1. The van der Waals surface area contributed by atoms with E-state index in [0.717, 1.165) is 24.3 Å². The number of anilines is 4. The molecule has 0 fully saturated rings. The molecule has 0 spiro atoms. The zero-order chi connectivity index (χ0) is 23.6. The summed E-state index contributed by atoms with van der Waals surface area (Å²) in [5.74, 6) is -1.18. The van der Waals surface area contributed by atoms with Crippen molar-refractivity contribution in [3.05, 3.63) is 83.6 Å². The number of carboxylic acid groups (broad SMARTS) is 1. The molecule has 0 amide bonds. The van der Waals surface area contributed by atoms with Gasteiger partial charge in [0.05, 0.1) is 27.2 Å². The van der Waals surface area contributed by atoms with Gasteiger partial charge in [-0.3, -0.25) is 9.93 Å². The van der Waals surface area contributed by atoms with Crippen LogP contribution in [0.1, 0.15) is 10.4 Å². The van der Waals surface area contributed by atoms with Gasteiger partial charge in [0.2, 0.25) is 0 Å². The first-order valence-corrected chi connectivity index (χ1v) is 10.9. The third-order valence-electron chi connectivity index (χ3n) is 4.54. The Balaban J connectivity index is 1.74. The highest BCUT2D eigenvalue weighted by atomic mass is 32.2. The van der Waals surface area contributed by atoms with Gasteiger partial charge in [-0.05, 0) is 54.6 Å². The number of nitrogens with one attached hydrogen (secondary N) is 2. The molecule has 0 radical (unpaired) electrons. The van der Waals surface area contributed by atoms with Crippen molar-refractivity contribution in [2.24, 2.45) is 0 Å². The number of benzene rings is 3. The van der Waals surface area contributed by atoms with Crippen molar-refractivity contribution < 1.29 is 23.5 Å². The van der Waals surface area contributed by atoms with Crippen molar-refractivity contribution in [2.45, 2.75) is 4.90 Å². The fourth-order valence-electron chi connectivity index (χ4n) is 2.96. The van der Waals surface area contributed by atoms with Crippen LogP contribution in [0.25, 0.3) is 11.0 Å². The molecule has 0 aliphatic heterocycles. The summed E-state index contributed by atoms with van der Waals surface area (Å²) in [5, 5.41) is 31.6. The molecule has 0 atom stereocenters.